The molecule has 0 spiro atoms. The second-order valence-corrected chi connectivity index (χ2v) is 24.7. The summed E-state index contributed by atoms with van der Waals surface area (Å²) in [6, 6.07) is 69.5. The van der Waals surface area contributed by atoms with Gasteiger partial charge in [0.05, 0.1) is 0 Å². The number of rotatable bonds is 22. The molecule has 0 bridgehead atoms. The molecule has 9 rings (SSSR count). The van der Waals surface area contributed by atoms with Crippen LogP contribution in [0.1, 0.15) is 179 Å². The molecule has 398 valence electrons. The summed E-state index contributed by atoms with van der Waals surface area (Å²) in [5.41, 5.74) is 23.4. The van der Waals surface area contributed by atoms with E-state index in [4.69, 9.17) is 0 Å². The van der Waals surface area contributed by atoms with Crippen molar-refractivity contribution in [2.24, 2.45) is 0 Å². The van der Waals surface area contributed by atoms with Gasteiger partial charge in [-0.15, -0.1) is 0 Å². The summed E-state index contributed by atoms with van der Waals surface area (Å²) in [7, 11) is 0. The zero-order chi connectivity index (χ0) is 54.2. The number of unbranched alkanes of at least 4 members (excludes halogenated alkanes) is 10. The third kappa shape index (κ3) is 12.7. The van der Waals surface area contributed by atoms with E-state index < -0.39 is 0 Å². The van der Waals surface area contributed by atoms with E-state index in [2.05, 4.69) is 261 Å². The monoisotopic (exact) mass is 1020 g/mol. The molecule has 0 N–H and O–H groups in total. The van der Waals surface area contributed by atoms with Crippen LogP contribution in [0.15, 0.2) is 182 Å². The Bertz CT molecular complexity index is 3130. The van der Waals surface area contributed by atoms with Gasteiger partial charge in [0, 0.05) is 39.5 Å². The maximum absolute atomic E-state index is 2.60. The average molecular weight is 1020 g/mol. The Hall–Kier alpha value is -6.64. The van der Waals surface area contributed by atoms with Gasteiger partial charge >= 0.3 is 0 Å². The molecule has 0 fully saturated rings. The van der Waals surface area contributed by atoms with Crippen LogP contribution in [0.3, 0.4) is 0 Å². The Labute approximate surface area is 465 Å². The average Bonchev–Trinajstić information content (AvgIpc) is 3.70. The van der Waals surface area contributed by atoms with E-state index in [0.717, 1.165) is 34.1 Å². The summed E-state index contributed by atoms with van der Waals surface area (Å²) in [6.07, 6.45) is 18.4. The minimum Gasteiger partial charge on any atom is -0.311 e. The van der Waals surface area contributed by atoms with Crippen molar-refractivity contribution in [2.75, 3.05) is 9.80 Å². The summed E-state index contributed by atoms with van der Waals surface area (Å²) in [5.74, 6) is 0. The van der Waals surface area contributed by atoms with Gasteiger partial charge in [0.2, 0.25) is 0 Å². The molecule has 0 heterocycles. The van der Waals surface area contributed by atoms with Crippen molar-refractivity contribution in [2.45, 2.75) is 175 Å². The summed E-state index contributed by atoms with van der Waals surface area (Å²) in [6.45, 7) is 22.8. The maximum Gasteiger partial charge on any atom is 0.0462 e. The SMILES string of the molecule is CCCCCCCCC1(CCCCCCCC)c2cc(C)ccc2-c2ccc(-c3ccc(N(c4ccc(-c5ccc(N(c6ccc(C)cc6)c6ccc(C(C)(C)C)cc6)cc5)cc4)c4ccc(C(C)(C)C)cc4)cc3)cc21. The quantitative estimate of drug-likeness (QED) is 0.0624. The van der Waals surface area contributed by atoms with Crippen LogP contribution in [0.4, 0.5) is 34.1 Å². The molecule has 0 saturated heterocycles. The summed E-state index contributed by atoms with van der Waals surface area (Å²) >= 11 is 0. The molecule has 0 aliphatic heterocycles. The Kier molecular flexibility index (Phi) is 17.4. The number of hydrogen-bond acceptors (Lipinski definition) is 2. The van der Waals surface area contributed by atoms with Gasteiger partial charge in [-0.1, -0.05) is 247 Å². The van der Waals surface area contributed by atoms with E-state index >= 15 is 0 Å². The standard InChI is InChI=1S/C75H88N2/c1-11-13-15-17-19-21-51-75(52-22-20-18-16-14-12-2)71-53-56(4)25-49-69(71)70-50-32-60(54-72(70)75)59-30-43-66(44-31-59)77(68-47-35-62(36-48-68)74(8,9)10)65-41-28-58(29-42-65)57-26-39-64(40-27-57)76(63-37-23-55(3)24-38-63)67-45-33-61(34-46-67)73(5,6)7/h23-50,53-54H,11-22,51-52H2,1-10H3. The van der Waals surface area contributed by atoms with Crippen LogP contribution >= 0.6 is 0 Å². The third-order valence-corrected chi connectivity index (χ3v) is 16.7. The van der Waals surface area contributed by atoms with Crippen molar-refractivity contribution >= 4 is 34.1 Å². The molecule has 0 unspecified atom stereocenters. The number of fused-ring (bicyclic) bond motifs is 3. The van der Waals surface area contributed by atoms with E-state index in [1.807, 2.05) is 0 Å². The van der Waals surface area contributed by atoms with E-state index in [-0.39, 0.29) is 16.2 Å². The highest BCUT2D eigenvalue weighted by molar-refractivity contribution is 5.86. The van der Waals surface area contributed by atoms with Gasteiger partial charge in [-0.05, 0) is 172 Å². The van der Waals surface area contributed by atoms with Gasteiger partial charge < -0.3 is 9.80 Å². The first-order valence-corrected chi connectivity index (χ1v) is 29.6. The highest BCUT2D eigenvalue weighted by Crippen LogP contribution is 2.55. The van der Waals surface area contributed by atoms with Gasteiger partial charge in [0.1, 0.15) is 0 Å². The molecular weight excluding hydrogens is 929 g/mol. The van der Waals surface area contributed by atoms with Crippen molar-refractivity contribution < 1.29 is 0 Å². The molecule has 8 aromatic carbocycles. The van der Waals surface area contributed by atoms with E-state index in [1.165, 1.54) is 146 Å². The minimum atomic E-state index is 0.0487. The fraction of sp³-hybridized carbons (Fsp3) is 0.360. The maximum atomic E-state index is 2.60. The van der Waals surface area contributed by atoms with Crippen LogP contribution in [0.2, 0.25) is 0 Å². The first kappa shape index (κ1) is 55.1. The lowest BCUT2D eigenvalue weighted by Gasteiger charge is -2.33. The second kappa shape index (κ2) is 24.4. The van der Waals surface area contributed by atoms with Crippen LogP contribution in [-0.2, 0) is 16.2 Å². The predicted molar refractivity (Wildman–Crippen MR) is 336 cm³/mol. The van der Waals surface area contributed by atoms with E-state index in [9.17, 15) is 0 Å². The third-order valence-electron chi connectivity index (χ3n) is 16.7. The molecule has 0 amide bonds. The van der Waals surface area contributed by atoms with Crippen molar-refractivity contribution in [1.82, 2.24) is 0 Å². The molecule has 0 atom stereocenters. The summed E-state index contributed by atoms with van der Waals surface area (Å²) < 4.78 is 0. The molecule has 2 nitrogen and oxygen atoms in total. The highest BCUT2D eigenvalue weighted by atomic mass is 15.1. The van der Waals surface area contributed by atoms with Gasteiger partial charge in [0.25, 0.3) is 0 Å². The lowest BCUT2D eigenvalue weighted by atomic mass is 9.70. The van der Waals surface area contributed by atoms with Crippen LogP contribution < -0.4 is 9.80 Å². The largest absolute Gasteiger partial charge is 0.311 e. The van der Waals surface area contributed by atoms with Crippen molar-refractivity contribution in [3.05, 3.63) is 215 Å². The lowest BCUT2D eigenvalue weighted by molar-refractivity contribution is 0.398. The Balaban J connectivity index is 1.02. The van der Waals surface area contributed by atoms with Crippen LogP contribution in [-0.4, -0.2) is 0 Å². The summed E-state index contributed by atoms with van der Waals surface area (Å²) in [5, 5.41) is 0. The molecule has 1 aliphatic carbocycles. The summed E-state index contributed by atoms with van der Waals surface area (Å²) in [4.78, 5) is 4.78. The second-order valence-electron chi connectivity index (χ2n) is 24.7. The van der Waals surface area contributed by atoms with Gasteiger partial charge in [0.15, 0.2) is 0 Å². The fourth-order valence-electron chi connectivity index (χ4n) is 12.1. The van der Waals surface area contributed by atoms with Crippen molar-refractivity contribution in [3.63, 3.8) is 0 Å². The molecule has 0 aromatic heterocycles. The number of anilines is 6. The molecule has 77 heavy (non-hydrogen) atoms. The van der Waals surface area contributed by atoms with E-state index in [0.29, 0.717) is 0 Å². The van der Waals surface area contributed by atoms with Crippen LogP contribution in [0.25, 0.3) is 33.4 Å². The van der Waals surface area contributed by atoms with Crippen LogP contribution in [0, 0.1) is 13.8 Å². The highest BCUT2D eigenvalue weighted by Gasteiger charge is 2.42. The topological polar surface area (TPSA) is 6.48 Å². The van der Waals surface area contributed by atoms with Crippen molar-refractivity contribution in [3.8, 4) is 33.4 Å². The van der Waals surface area contributed by atoms with Gasteiger partial charge in [-0.2, -0.15) is 0 Å². The smallest absolute Gasteiger partial charge is 0.0462 e. The number of aryl methyl sites for hydroxylation is 2. The Morgan fingerprint density at radius 3 is 1.00 bits per heavy atom. The first-order chi connectivity index (χ1) is 37.2. The molecule has 2 heteroatoms. The molecule has 0 radical (unpaired) electrons. The Morgan fingerprint density at radius 1 is 0.312 bits per heavy atom. The minimum absolute atomic E-state index is 0.0487. The first-order valence-electron chi connectivity index (χ1n) is 29.6. The molecule has 0 saturated carbocycles. The molecule has 8 aromatic rings. The van der Waals surface area contributed by atoms with Gasteiger partial charge in [-0.25, -0.2) is 0 Å². The molecular formula is C75H88N2. The van der Waals surface area contributed by atoms with Gasteiger partial charge in [-0.3, -0.25) is 0 Å². The zero-order valence-electron chi connectivity index (χ0n) is 48.6. The number of nitrogens with zero attached hydrogens (tertiary/aromatic N) is 2. The van der Waals surface area contributed by atoms with Crippen LogP contribution in [0.5, 0.6) is 0 Å². The molecule has 1 aliphatic rings. The normalized spacial score (nSPS) is 12.9. The zero-order valence-corrected chi connectivity index (χ0v) is 48.6. The number of benzene rings is 8. The van der Waals surface area contributed by atoms with Crippen molar-refractivity contribution in [1.29, 1.82) is 0 Å². The number of hydrogen-bond donors (Lipinski definition) is 0. The van der Waals surface area contributed by atoms with E-state index in [1.54, 1.807) is 11.1 Å². The Morgan fingerprint density at radius 2 is 0.610 bits per heavy atom. The lowest BCUT2D eigenvalue weighted by Crippen LogP contribution is -2.25. The predicted octanol–water partition coefficient (Wildman–Crippen LogP) is 22.9. The fourth-order valence-corrected chi connectivity index (χ4v) is 12.1.